The van der Waals surface area contributed by atoms with Gasteiger partial charge in [-0.2, -0.15) is 4.98 Å². The van der Waals surface area contributed by atoms with Gasteiger partial charge in [-0.05, 0) is 37.8 Å². The van der Waals surface area contributed by atoms with Gasteiger partial charge in [0.15, 0.2) is 11.8 Å². The van der Waals surface area contributed by atoms with Gasteiger partial charge < -0.3 is 20.3 Å². The lowest BCUT2D eigenvalue weighted by Gasteiger charge is -2.10. The zero-order valence-electron chi connectivity index (χ0n) is 14.4. The van der Waals surface area contributed by atoms with Gasteiger partial charge in [-0.25, -0.2) is 8.78 Å². The van der Waals surface area contributed by atoms with E-state index in [2.05, 4.69) is 20.4 Å². The summed E-state index contributed by atoms with van der Waals surface area (Å²) in [4.78, 5) is 8.55. The minimum atomic E-state index is -0.607. The van der Waals surface area contributed by atoms with Crippen molar-refractivity contribution in [2.24, 2.45) is 10.7 Å². The first-order chi connectivity index (χ1) is 12.6. The molecule has 2 fully saturated rings. The van der Waals surface area contributed by atoms with Crippen LogP contribution in [-0.4, -0.2) is 28.7 Å². The average molecular weight is 491 g/mol. The first kappa shape index (κ1) is 19.9. The monoisotopic (exact) mass is 491 g/mol. The van der Waals surface area contributed by atoms with E-state index in [0.717, 1.165) is 49.7 Å². The van der Waals surface area contributed by atoms with Gasteiger partial charge in [-0.1, -0.05) is 5.16 Å². The summed E-state index contributed by atoms with van der Waals surface area (Å²) >= 11 is 0. The van der Waals surface area contributed by atoms with Crippen LogP contribution in [0.15, 0.2) is 27.7 Å². The van der Waals surface area contributed by atoms with Crippen LogP contribution in [0.1, 0.15) is 49.4 Å². The fraction of sp³-hybridized carbons (Fsp3) is 0.471. The van der Waals surface area contributed by atoms with Crippen molar-refractivity contribution in [2.75, 3.05) is 11.9 Å². The van der Waals surface area contributed by atoms with Crippen LogP contribution in [0, 0.1) is 11.6 Å². The van der Waals surface area contributed by atoms with Gasteiger partial charge in [-0.15, -0.1) is 24.0 Å². The molecule has 1 saturated heterocycles. The van der Waals surface area contributed by atoms with Crippen molar-refractivity contribution in [3.63, 3.8) is 0 Å². The van der Waals surface area contributed by atoms with Gasteiger partial charge in [0.05, 0.1) is 18.3 Å². The summed E-state index contributed by atoms with van der Waals surface area (Å²) in [5.41, 5.74) is 5.69. The molecule has 0 unspecified atom stereocenters. The fourth-order valence-corrected chi connectivity index (χ4v) is 2.88. The molecule has 4 rings (SSSR count). The van der Waals surface area contributed by atoms with Crippen molar-refractivity contribution in [1.29, 1.82) is 0 Å². The summed E-state index contributed by atoms with van der Waals surface area (Å²) in [5, 5.41) is 6.55. The molecule has 2 atom stereocenters. The molecule has 0 amide bonds. The molecule has 1 aliphatic heterocycles. The van der Waals surface area contributed by atoms with Gasteiger partial charge in [0.2, 0.25) is 0 Å². The molecule has 0 bridgehead atoms. The highest BCUT2D eigenvalue weighted by atomic mass is 127. The molecule has 3 N–H and O–H groups in total. The molecule has 2 aliphatic rings. The zero-order valence-corrected chi connectivity index (χ0v) is 16.7. The third-order valence-corrected chi connectivity index (χ3v) is 4.44. The van der Waals surface area contributed by atoms with Gasteiger partial charge >= 0.3 is 0 Å². The van der Waals surface area contributed by atoms with Crippen LogP contribution >= 0.6 is 24.0 Å². The Labute approximate surface area is 171 Å². The Morgan fingerprint density at radius 2 is 2.07 bits per heavy atom. The topological polar surface area (TPSA) is 98.6 Å². The number of nitrogens with two attached hydrogens (primary N) is 1. The maximum absolute atomic E-state index is 13.6. The number of nitrogens with one attached hydrogen (secondary N) is 1. The summed E-state index contributed by atoms with van der Waals surface area (Å²) in [6.07, 6.45) is 3.38. The van der Waals surface area contributed by atoms with E-state index in [0.29, 0.717) is 18.4 Å². The number of rotatable bonds is 5. The molecule has 1 aromatic carbocycles. The molecule has 0 radical (unpaired) electrons. The number of hydrogen-bond donors (Lipinski definition) is 2. The lowest BCUT2D eigenvalue weighted by molar-refractivity contribution is 0.0309. The summed E-state index contributed by atoms with van der Waals surface area (Å²) < 4.78 is 37.9. The lowest BCUT2D eigenvalue weighted by atomic mass is 10.2. The van der Waals surface area contributed by atoms with Crippen LogP contribution in [0.25, 0.3) is 0 Å². The minimum Gasteiger partial charge on any atom is -0.370 e. The number of guanidine groups is 1. The van der Waals surface area contributed by atoms with Crippen molar-refractivity contribution in [1.82, 2.24) is 10.1 Å². The number of aliphatic imine (C=N–C) groups is 1. The Morgan fingerprint density at radius 1 is 1.26 bits per heavy atom. The van der Waals surface area contributed by atoms with Crippen LogP contribution < -0.4 is 11.1 Å². The second kappa shape index (κ2) is 8.46. The lowest BCUT2D eigenvalue weighted by Crippen LogP contribution is -2.25. The fourth-order valence-electron chi connectivity index (χ4n) is 2.88. The van der Waals surface area contributed by atoms with E-state index in [1.54, 1.807) is 0 Å². The third-order valence-electron chi connectivity index (χ3n) is 4.44. The Morgan fingerprint density at radius 3 is 2.85 bits per heavy atom. The van der Waals surface area contributed by atoms with E-state index in [1.807, 2.05) is 0 Å². The number of nitrogens with zero attached hydrogens (tertiary/aromatic N) is 3. The summed E-state index contributed by atoms with van der Waals surface area (Å²) in [5.74, 6) is 0.527. The smallest absolute Gasteiger partial charge is 0.255 e. The number of ether oxygens (including phenoxy) is 1. The van der Waals surface area contributed by atoms with E-state index in [9.17, 15) is 8.78 Å². The Bertz CT molecular complexity index is 827. The highest BCUT2D eigenvalue weighted by Crippen LogP contribution is 2.39. The number of hydrogen-bond acceptors (Lipinski definition) is 5. The molecule has 10 heteroatoms. The molecule has 27 heavy (non-hydrogen) atoms. The van der Waals surface area contributed by atoms with Crippen molar-refractivity contribution < 1.29 is 18.0 Å². The van der Waals surface area contributed by atoms with Crippen molar-refractivity contribution in [2.45, 2.75) is 43.8 Å². The summed E-state index contributed by atoms with van der Waals surface area (Å²) in [6, 6.07) is 3.08. The third kappa shape index (κ3) is 4.92. The molecule has 146 valence electrons. The number of aromatic nitrogens is 2. The Hall–Kier alpha value is -1.82. The molecule has 1 aliphatic carbocycles. The second-order valence-corrected chi connectivity index (χ2v) is 6.56. The van der Waals surface area contributed by atoms with E-state index in [1.165, 1.54) is 0 Å². The van der Waals surface area contributed by atoms with Crippen LogP contribution in [0.5, 0.6) is 0 Å². The standard InChI is InChI=1S/C17H19F2N5O2.HI/c18-10-3-5-12(19)13(7-10)22-17(20)21-8-11-4-6-14(25-11)16-23-15(24-26-16)9-1-2-9;/h3,5,7,9,11,14H,1-2,4,6,8H2,(H3,20,21,22);1H/t11-,14+;/m1./s1. The minimum absolute atomic E-state index is 0. The van der Waals surface area contributed by atoms with E-state index in [-0.39, 0.29) is 47.8 Å². The van der Waals surface area contributed by atoms with Crippen LogP contribution in [0.4, 0.5) is 14.5 Å². The zero-order chi connectivity index (χ0) is 18.1. The van der Waals surface area contributed by atoms with Gasteiger partial charge in [-0.3, -0.25) is 4.99 Å². The molecule has 1 aromatic heterocycles. The van der Waals surface area contributed by atoms with Gasteiger partial charge in [0.1, 0.15) is 17.7 Å². The van der Waals surface area contributed by atoms with E-state index in [4.69, 9.17) is 15.0 Å². The van der Waals surface area contributed by atoms with Crippen molar-refractivity contribution in [3.8, 4) is 0 Å². The first-order valence-electron chi connectivity index (χ1n) is 8.59. The maximum Gasteiger partial charge on any atom is 0.255 e. The van der Waals surface area contributed by atoms with Crippen LogP contribution in [0.2, 0.25) is 0 Å². The number of anilines is 1. The molecule has 2 heterocycles. The highest BCUT2D eigenvalue weighted by Gasteiger charge is 2.34. The van der Waals surface area contributed by atoms with Crippen LogP contribution in [0.3, 0.4) is 0 Å². The molecular weight excluding hydrogens is 471 g/mol. The Balaban J connectivity index is 0.00000210. The highest BCUT2D eigenvalue weighted by molar-refractivity contribution is 14.0. The van der Waals surface area contributed by atoms with E-state index >= 15 is 0 Å². The summed E-state index contributed by atoms with van der Waals surface area (Å²) in [7, 11) is 0. The van der Waals surface area contributed by atoms with Gasteiger partial charge in [0.25, 0.3) is 5.89 Å². The van der Waals surface area contributed by atoms with Gasteiger partial charge in [0, 0.05) is 12.0 Å². The van der Waals surface area contributed by atoms with Crippen molar-refractivity contribution in [3.05, 3.63) is 41.5 Å². The molecule has 1 saturated carbocycles. The molecular formula is C17H20F2IN5O2. The largest absolute Gasteiger partial charge is 0.370 e. The first-order valence-corrected chi connectivity index (χ1v) is 8.59. The predicted octanol–water partition coefficient (Wildman–Crippen LogP) is 3.49. The average Bonchev–Trinajstić information content (AvgIpc) is 3.17. The summed E-state index contributed by atoms with van der Waals surface area (Å²) in [6.45, 7) is 0.301. The van der Waals surface area contributed by atoms with Crippen molar-refractivity contribution >= 4 is 35.6 Å². The Kier molecular flexibility index (Phi) is 6.25. The molecule has 7 nitrogen and oxygen atoms in total. The maximum atomic E-state index is 13.6. The SMILES string of the molecule is I.NC(=NC[C@H]1CC[C@@H](c2nc(C3CC3)no2)O1)Nc1cc(F)ccc1F. The van der Waals surface area contributed by atoms with E-state index < -0.39 is 11.6 Å². The normalized spacial score (nSPS) is 22.5. The molecule has 2 aromatic rings. The molecule has 0 spiro atoms. The number of halogens is 3. The number of benzene rings is 1. The quantitative estimate of drug-likeness (QED) is 0.378. The second-order valence-electron chi connectivity index (χ2n) is 6.56. The van der Waals surface area contributed by atoms with Crippen LogP contribution in [-0.2, 0) is 4.74 Å². The predicted molar refractivity (Wildman–Crippen MR) is 105 cm³/mol.